The summed E-state index contributed by atoms with van der Waals surface area (Å²) in [5.74, 6) is 0.978. The van der Waals surface area contributed by atoms with E-state index in [-0.39, 0.29) is 6.61 Å². The molecule has 0 saturated heterocycles. The van der Waals surface area contributed by atoms with E-state index >= 15 is 0 Å². The molecule has 1 aliphatic carbocycles. The van der Waals surface area contributed by atoms with Crippen LogP contribution in [0.15, 0.2) is 45.3 Å². The van der Waals surface area contributed by atoms with Gasteiger partial charge in [0.1, 0.15) is 12.4 Å². The Labute approximate surface area is 145 Å². The fourth-order valence-corrected chi connectivity index (χ4v) is 3.43. The van der Waals surface area contributed by atoms with E-state index in [0.717, 1.165) is 33.0 Å². The predicted molar refractivity (Wildman–Crippen MR) is 91.9 cm³/mol. The standard InChI is InChI=1S/C16H14Br2N2O2/c17-12-8-13(18)15(19-14(12)11-6-7-11)20-16(21)22-9-10-4-2-1-3-5-10/h1-5,8,11H,6-7,9H2,(H,19,20,21). The molecule has 1 amide bonds. The molecule has 1 aliphatic rings. The molecule has 1 fully saturated rings. The van der Waals surface area contributed by atoms with Gasteiger partial charge in [-0.1, -0.05) is 30.3 Å². The van der Waals surface area contributed by atoms with Crippen LogP contribution in [0.4, 0.5) is 10.6 Å². The van der Waals surface area contributed by atoms with Crippen molar-refractivity contribution in [2.75, 3.05) is 5.32 Å². The highest BCUT2D eigenvalue weighted by atomic mass is 79.9. The van der Waals surface area contributed by atoms with Crippen LogP contribution in [-0.2, 0) is 11.3 Å². The maximum atomic E-state index is 11.9. The van der Waals surface area contributed by atoms with E-state index < -0.39 is 6.09 Å². The van der Waals surface area contributed by atoms with Gasteiger partial charge in [0.25, 0.3) is 0 Å². The Morgan fingerprint density at radius 3 is 2.64 bits per heavy atom. The maximum Gasteiger partial charge on any atom is 0.413 e. The average molecular weight is 426 g/mol. The highest BCUT2D eigenvalue weighted by molar-refractivity contribution is 9.11. The predicted octanol–water partition coefficient (Wildman–Crippen LogP) is 5.23. The van der Waals surface area contributed by atoms with Crippen LogP contribution in [0.1, 0.15) is 30.0 Å². The first-order valence-corrected chi connectivity index (χ1v) is 8.55. The minimum absolute atomic E-state index is 0.232. The zero-order valence-electron chi connectivity index (χ0n) is 11.7. The lowest BCUT2D eigenvalue weighted by Gasteiger charge is -2.10. The lowest BCUT2D eigenvalue weighted by Crippen LogP contribution is -2.15. The molecule has 0 spiro atoms. The molecule has 0 unspecified atom stereocenters. The molecule has 4 nitrogen and oxygen atoms in total. The van der Waals surface area contributed by atoms with Crippen molar-refractivity contribution in [3.05, 3.63) is 56.6 Å². The summed E-state index contributed by atoms with van der Waals surface area (Å²) in [6, 6.07) is 11.5. The van der Waals surface area contributed by atoms with Gasteiger partial charge >= 0.3 is 6.09 Å². The molecular formula is C16H14Br2N2O2. The third kappa shape index (κ3) is 3.87. The molecule has 0 bridgehead atoms. The van der Waals surface area contributed by atoms with Gasteiger partial charge in [-0.2, -0.15) is 0 Å². The van der Waals surface area contributed by atoms with Gasteiger partial charge in [0.2, 0.25) is 0 Å². The first kappa shape index (κ1) is 15.5. The van der Waals surface area contributed by atoms with Crippen molar-refractivity contribution in [3.63, 3.8) is 0 Å². The summed E-state index contributed by atoms with van der Waals surface area (Å²) in [6.45, 7) is 0.232. The molecule has 114 valence electrons. The van der Waals surface area contributed by atoms with Gasteiger partial charge < -0.3 is 4.74 Å². The second-order valence-corrected chi connectivity index (χ2v) is 6.86. The molecule has 1 aromatic carbocycles. The zero-order chi connectivity index (χ0) is 15.5. The Kier molecular flexibility index (Phi) is 4.78. The summed E-state index contributed by atoms with van der Waals surface area (Å²) >= 11 is 6.93. The number of aromatic nitrogens is 1. The summed E-state index contributed by atoms with van der Waals surface area (Å²) in [7, 11) is 0. The van der Waals surface area contributed by atoms with Crippen LogP contribution < -0.4 is 5.32 Å². The van der Waals surface area contributed by atoms with Crippen LogP contribution in [0.2, 0.25) is 0 Å². The number of benzene rings is 1. The number of hydrogen-bond donors (Lipinski definition) is 1. The molecule has 1 saturated carbocycles. The molecule has 1 aromatic heterocycles. The number of anilines is 1. The SMILES string of the molecule is O=C(Nc1nc(C2CC2)c(Br)cc1Br)OCc1ccccc1. The normalized spacial score (nSPS) is 13.7. The molecule has 1 heterocycles. The van der Waals surface area contributed by atoms with E-state index in [1.165, 1.54) is 0 Å². The Hall–Kier alpha value is -1.40. The lowest BCUT2D eigenvalue weighted by atomic mass is 10.2. The summed E-state index contributed by atoms with van der Waals surface area (Å²) in [5.41, 5.74) is 1.93. The minimum atomic E-state index is -0.513. The Morgan fingerprint density at radius 2 is 1.95 bits per heavy atom. The first-order chi connectivity index (χ1) is 10.6. The molecule has 6 heteroatoms. The van der Waals surface area contributed by atoms with E-state index in [4.69, 9.17) is 4.74 Å². The van der Waals surface area contributed by atoms with Crippen molar-refractivity contribution >= 4 is 43.8 Å². The van der Waals surface area contributed by atoms with Crippen LogP contribution in [0.3, 0.4) is 0 Å². The van der Waals surface area contributed by atoms with Crippen molar-refractivity contribution in [1.29, 1.82) is 0 Å². The molecule has 2 aromatic rings. The second-order valence-electron chi connectivity index (χ2n) is 5.15. The molecular weight excluding hydrogens is 412 g/mol. The maximum absolute atomic E-state index is 11.9. The van der Waals surface area contributed by atoms with Gasteiger partial charge in [-0.15, -0.1) is 0 Å². The fourth-order valence-electron chi connectivity index (χ4n) is 2.07. The van der Waals surface area contributed by atoms with E-state index in [1.807, 2.05) is 36.4 Å². The van der Waals surface area contributed by atoms with Crippen LogP contribution >= 0.6 is 31.9 Å². The van der Waals surface area contributed by atoms with E-state index in [9.17, 15) is 4.79 Å². The van der Waals surface area contributed by atoms with Crippen LogP contribution in [0, 0.1) is 0 Å². The van der Waals surface area contributed by atoms with Crippen molar-refractivity contribution in [2.45, 2.75) is 25.4 Å². The second kappa shape index (κ2) is 6.79. The number of amides is 1. The number of carbonyl (C=O) groups excluding carboxylic acids is 1. The topological polar surface area (TPSA) is 51.2 Å². The highest BCUT2D eigenvalue weighted by Gasteiger charge is 2.28. The minimum Gasteiger partial charge on any atom is -0.444 e. The van der Waals surface area contributed by atoms with E-state index in [1.54, 1.807) is 0 Å². The lowest BCUT2D eigenvalue weighted by molar-refractivity contribution is 0.155. The van der Waals surface area contributed by atoms with Gasteiger partial charge in [0.05, 0.1) is 10.2 Å². The Balaban J connectivity index is 1.65. The number of nitrogens with zero attached hydrogens (tertiary/aromatic N) is 1. The smallest absolute Gasteiger partial charge is 0.413 e. The zero-order valence-corrected chi connectivity index (χ0v) is 14.9. The van der Waals surface area contributed by atoms with Gasteiger partial charge in [-0.05, 0) is 56.3 Å². The summed E-state index contributed by atoms with van der Waals surface area (Å²) in [4.78, 5) is 16.4. The van der Waals surface area contributed by atoms with Gasteiger partial charge in [-0.25, -0.2) is 9.78 Å². The number of carbonyl (C=O) groups is 1. The average Bonchev–Trinajstić information content (AvgIpc) is 3.34. The van der Waals surface area contributed by atoms with Crippen LogP contribution in [0.5, 0.6) is 0 Å². The number of nitrogens with one attached hydrogen (secondary N) is 1. The van der Waals surface area contributed by atoms with Crippen molar-refractivity contribution < 1.29 is 9.53 Å². The van der Waals surface area contributed by atoms with E-state index in [2.05, 4.69) is 42.2 Å². The Bertz CT molecular complexity index is 688. The van der Waals surface area contributed by atoms with E-state index in [0.29, 0.717) is 11.7 Å². The first-order valence-electron chi connectivity index (χ1n) is 6.97. The van der Waals surface area contributed by atoms with Crippen molar-refractivity contribution in [1.82, 2.24) is 4.98 Å². The molecule has 1 N–H and O–H groups in total. The number of ether oxygens (including phenoxy) is 1. The number of hydrogen-bond acceptors (Lipinski definition) is 3. The molecule has 22 heavy (non-hydrogen) atoms. The number of rotatable bonds is 4. The highest BCUT2D eigenvalue weighted by Crippen LogP contribution is 2.43. The van der Waals surface area contributed by atoms with Gasteiger partial charge in [0.15, 0.2) is 0 Å². The third-order valence-corrected chi connectivity index (χ3v) is 4.59. The third-order valence-electron chi connectivity index (χ3n) is 3.35. The largest absolute Gasteiger partial charge is 0.444 e. The van der Waals surface area contributed by atoms with Gasteiger partial charge in [-0.3, -0.25) is 5.32 Å². The number of pyridine rings is 1. The van der Waals surface area contributed by atoms with Crippen molar-refractivity contribution in [2.24, 2.45) is 0 Å². The summed E-state index contributed by atoms with van der Waals surface area (Å²) < 4.78 is 6.90. The summed E-state index contributed by atoms with van der Waals surface area (Å²) in [5, 5.41) is 2.69. The molecule has 3 rings (SSSR count). The summed E-state index contributed by atoms with van der Waals surface area (Å²) in [6.07, 6.45) is 1.78. The van der Waals surface area contributed by atoms with Gasteiger partial charge in [0, 0.05) is 10.4 Å². The fraction of sp³-hybridized carbons (Fsp3) is 0.250. The Morgan fingerprint density at radius 1 is 1.23 bits per heavy atom. The quantitative estimate of drug-likeness (QED) is 0.729. The van der Waals surface area contributed by atoms with Crippen LogP contribution in [-0.4, -0.2) is 11.1 Å². The molecule has 0 radical (unpaired) electrons. The molecule has 0 atom stereocenters. The van der Waals surface area contributed by atoms with Crippen molar-refractivity contribution in [3.8, 4) is 0 Å². The monoisotopic (exact) mass is 424 g/mol. The molecule has 0 aliphatic heterocycles. The number of halogens is 2. The van der Waals surface area contributed by atoms with Crippen LogP contribution in [0.25, 0.3) is 0 Å².